The summed E-state index contributed by atoms with van der Waals surface area (Å²) in [5.41, 5.74) is 7.72. The minimum absolute atomic E-state index is 0. The Kier molecular flexibility index (Phi) is 6.69. The van der Waals surface area contributed by atoms with E-state index in [1.807, 2.05) is 54.6 Å². The number of amides is 1. The van der Waals surface area contributed by atoms with Gasteiger partial charge in [0, 0.05) is 18.6 Å². The zero-order valence-electron chi connectivity index (χ0n) is 11.7. The molecule has 0 aliphatic carbocycles. The highest BCUT2D eigenvalue weighted by atomic mass is 35.5. The lowest BCUT2D eigenvalue weighted by Gasteiger charge is -2.22. The fourth-order valence-corrected chi connectivity index (χ4v) is 2.20. The van der Waals surface area contributed by atoms with Crippen LogP contribution in [-0.2, 0) is 11.3 Å². The molecule has 112 valence electrons. The lowest BCUT2D eigenvalue weighted by molar-refractivity contribution is -0.131. The van der Waals surface area contributed by atoms with Crippen LogP contribution in [-0.4, -0.2) is 17.9 Å². The first-order valence-corrected chi connectivity index (χ1v) is 6.76. The first-order valence-electron chi connectivity index (χ1n) is 6.38. The number of benzene rings is 2. The minimum Gasteiger partial charge on any atom is -0.340 e. The first kappa shape index (κ1) is 17.5. The fourth-order valence-electron chi connectivity index (χ4n) is 2.00. The van der Waals surface area contributed by atoms with E-state index in [1.165, 1.54) is 0 Å². The Balaban J connectivity index is 0.00000220. The van der Waals surface area contributed by atoms with Gasteiger partial charge in [-0.05, 0) is 17.2 Å². The Hall–Kier alpha value is -1.55. The van der Waals surface area contributed by atoms with Crippen molar-refractivity contribution in [2.75, 3.05) is 7.05 Å². The third-order valence-corrected chi connectivity index (χ3v) is 3.54. The van der Waals surface area contributed by atoms with Crippen molar-refractivity contribution in [3.8, 4) is 0 Å². The second-order valence-corrected chi connectivity index (χ2v) is 5.08. The summed E-state index contributed by atoms with van der Waals surface area (Å²) in [4.78, 5) is 13.9. The third-order valence-electron chi connectivity index (χ3n) is 3.17. The van der Waals surface area contributed by atoms with Crippen molar-refractivity contribution in [2.45, 2.75) is 12.6 Å². The Morgan fingerprint density at radius 1 is 1.14 bits per heavy atom. The van der Waals surface area contributed by atoms with Gasteiger partial charge in [0.05, 0.1) is 0 Å². The van der Waals surface area contributed by atoms with Gasteiger partial charge < -0.3 is 10.6 Å². The lowest BCUT2D eigenvalue weighted by Crippen LogP contribution is -2.35. The molecule has 1 atom stereocenters. The highest BCUT2D eigenvalue weighted by Gasteiger charge is 2.20. The topological polar surface area (TPSA) is 46.3 Å². The minimum atomic E-state index is -0.649. The van der Waals surface area contributed by atoms with E-state index in [1.54, 1.807) is 11.9 Å². The van der Waals surface area contributed by atoms with Crippen LogP contribution in [0.15, 0.2) is 54.6 Å². The third kappa shape index (κ3) is 4.46. The van der Waals surface area contributed by atoms with Crippen molar-refractivity contribution in [2.24, 2.45) is 5.73 Å². The molecule has 2 aromatic carbocycles. The molecular weight excluding hydrogens is 307 g/mol. The zero-order valence-corrected chi connectivity index (χ0v) is 13.3. The number of rotatable bonds is 4. The molecule has 2 rings (SSSR count). The SMILES string of the molecule is CN(Cc1ccccc1Cl)C(=O)C(N)c1ccccc1.Cl. The van der Waals surface area contributed by atoms with Crippen molar-refractivity contribution in [3.05, 3.63) is 70.7 Å². The fraction of sp³-hybridized carbons (Fsp3) is 0.188. The highest BCUT2D eigenvalue weighted by Crippen LogP contribution is 2.18. The number of hydrogen-bond acceptors (Lipinski definition) is 2. The Morgan fingerprint density at radius 3 is 2.33 bits per heavy atom. The highest BCUT2D eigenvalue weighted by molar-refractivity contribution is 6.31. The number of nitrogens with two attached hydrogens (primary N) is 1. The monoisotopic (exact) mass is 324 g/mol. The molecule has 0 bridgehead atoms. The zero-order chi connectivity index (χ0) is 14.5. The molecule has 1 amide bonds. The van der Waals surface area contributed by atoms with Crippen LogP contribution >= 0.6 is 24.0 Å². The summed E-state index contributed by atoms with van der Waals surface area (Å²) in [5.74, 6) is -0.129. The maximum Gasteiger partial charge on any atom is 0.244 e. The van der Waals surface area contributed by atoms with E-state index in [9.17, 15) is 4.79 Å². The van der Waals surface area contributed by atoms with E-state index in [0.717, 1.165) is 11.1 Å². The van der Waals surface area contributed by atoms with Gasteiger partial charge in [-0.2, -0.15) is 0 Å². The average Bonchev–Trinajstić information content (AvgIpc) is 2.49. The van der Waals surface area contributed by atoms with E-state index < -0.39 is 6.04 Å². The lowest BCUT2D eigenvalue weighted by atomic mass is 10.1. The summed E-state index contributed by atoms with van der Waals surface area (Å²) < 4.78 is 0. The van der Waals surface area contributed by atoms with Crippen molar-refractivity contribution in [1.82, 2.24) is 4.90 Å². The molecule has 5 heteroatoms. The van der Waals surface area contributed by atoms with Crippen LogP contribution in [0.1, 0.15) is 17.2 Å². The number of nitrogens with zero attached hydrogens (tertiary/aromatic N) is 1. The molecular formula is C16H18Cl2N2O. The van der Waals surface area contributed by atoms with Crippen molar-refractivity contribution < 1.29 is 4.79 Å². The molecule has 1 unspecified atom stereocenters. The van der Waals surface area contributed by atoms with Crippen LogP contribution in [0.2, 0.25) is 5.02 Å². The van der Waals surface area contributed by atoms with E-state index in [-0.39, 0.29) is 18.3 Å². The van der Waals surface area contributed by atoms with Crippen LogP contribution in [0, 0.1) is 0 Å². The van der Waals surface area contributed by atoms with Crippen molar-refractivity contribution in [3.63, 3.8) is 0 Å². The van der Waals surface area contributed by atoms with Crippen molar-refractivity contribution in [1.29, 1.82) is 0 Å². The molecule has 0 radical (unpaired) electrons. The maximum atomic E-state index is 12.3. The molecule has 0 spiro atoms. The van der Waals surface area contributed by atoms with E-state index >= 15 is 0 Å². The van der Waals surface area contributed by atoms with Crippen LogP contribution in [0.25, 0.3) is 0 Å². The van der Waals surface area contributed by atoms with Gasteiger partial charge in [-0.15, -0.1) is 12.4 Å². The van der Waals surface area contributed by atoms with Gasteiger partial charge in [-0.25, -0.2) is 0 Å². The van der Waals surface area contributed by atoms with Crippen LogP contribution in [0.5, 0.6) is 0 Å². The summed E-state index contributed by atoms with van der Waals surface area (Å²) in [5, 5.41) is 0.653. The maximum absolute atomic E-state index is 12.3. The van der Waals surface area contributed by atoms with Gasteiger partial charge in [-0.3, -0.25) is 4.79 Å². The standard InChI is InChI=1S/C16H17ClN2O.ClH/c1-19(11-13-9-5-6-10-14(13)17)16(20)15(18)12-7-3-2-4-8-12;/h2-10,15H,11,18H2,1H3;1H. The summed E-state index contributed by atoms with van der Waals surface area (Å²) in [7, 11) is 1.73. The number of halogens is 2. The largest absolute Gasteiger partial charge is 0.340 e. The molecule has 2 aromatic rings. The number of carbonyl (C=O) groups is 1. The number of likely N-dealkylation sites (N-methyl/N-ethyl adjacent to an activating group) is 1. The van der Waals surface area contributed by atoms with E-state index in [2.05, 4.69) is 0 Å². The van der Waals surface area contributed by atoms with Gasteiger partial charge in [-0.1, -0.05) is 60.1 Å². The molecule has 0 aliphatic heterocycles. The van der Waals surface area contributed by atoms with Crippen molar-refractivity contribution >= 4 is 29.9 Å². The predicted octanol–water partition coefficient (Wildman–Crippen LogP) is 3.42. The van der Waals surface area contributed by atoms with Crippen LogP contribution in [0.3, 0.4) is 0 Å². The molecule has 0 saturated carbocycles. The van der Waals surface area contributed by atoms with Gasteiger partial charge in [0.1, 0.15) is 6.04 Å². The number of carbonyl (C=O) groups excluding carboxylic acids is 1. The first-order chi connectivity index (χ1) is 9.59. The smallest absolute Gasteiger partial charge is 0.244 e. The molecule has 2 N–H and O–H groups in total. The summed E-state index contributed by atoms with van der Waals surface area (Å²) in [6.45, 7) is 0.443. The Bertz CT molecular complexity index is 590. The molecule has 0 aromatic heterocycles. The van der Waals surface area contributed by atoms with Gasteiger partial charge in [0.2, 0.25) is 5.91 Å². The summed E-state index contributed by atoms with van der Waals surface area (Å²) >= 11 is 6.10. The Morgan fingerprint density at radius 2 is 1.71 bits per heavy atom. The van der Waals surface area contributed by atoms with Gasteiger partial charge in [0.15, 0.2) is 0 Å². The summed E-state index contributed by atoms with van der Waals surface area (Å²) in [6.07, 6.45) is 0. The van der Waals surface area contributed by atoms with E-state index in [4.69, 9.17) is 17.3 Å². The molecule has 0 heterocycles. The van der Waals surface area contributed by atoms with Crippen LogP contribution in [0.4, 0.5) is 0 Å². The Labute approximate surface area is 136 Å². The normalized spacial score (nSPS) is 11.4. The van der Waals surface area contributed by atoms with Gasteiger partial charge >= 0.3 is 0 Å². The second-order valence-electron chi connectivity index (χ2n) is 4.67. The molecule has 0 fully saturated rings. The van der Waals surface area contributed by atoms with E-state index in [0.29, 0.717) is 11.6 Å². The predicted molar refractivity (Wildman–Crippen MR) is 88.5 cm³/mol. The average molecular weight is 325 g/mol. The molecule has 21 heavy (non-hydrogen) atoms. The molecule has 3 nitrogen and oxygen atoms in total. The quantitative estimate of drug-likeness (QED) is 0.936. The number of hydrogen-bond donors (Lipinski definition) is 1. The molecule has 0 saturated heterocycles. The summed E-state index contributed by atoms with van der Waals surface area (Å²) in [6, 6.07) is 16.2. The molecule has 0 aliphatic rings. The second kappa shape index (κ2) is 8.03. The van der Waals surface area contributed by atoms with Gasteiger partial charge in [0.25, 0.3) is 0 Å². The van der Waals surface area contributed by atoms with Crippen LogP contribution < -0.4 is 5.73 Å².